The van der Waals surface area contributed by atoms with E-state index in [2.05, 4.69) is 57.4 Å². The lowest BCUT2D eigenvalue weighted by atomic mass is 10.0. The summed E-state index contributed by atoms with van der Waals surface area (Å²) in [7, 11) is 1.64. The van der Waals surface area contributed by atoms with Crippen molar-refractivity contribution in [2.75, 3.05) is 7.11 Å². The molecule has 0 saturated heterocycles. The van der Waals surface area contributed by atoms with Gasteiger partial charge in [-0.1, -0.05) is 41.1 Å². The minimum Gasteiger partial charge on any atom is -0.481 e. The van der Waals surface area contributed by atoms with Gasteiger partial charge in [-0.05, 0) is 30.2 Å². The summed E-state index contributed by atoms with van der Waals surface area (Å²) in [6, 6.07) is 14.6. The highest BCUT2D eigenvalue weighted by atomic mass is 79.9. The number of hydrogen-bond acceptors (Lipinski definition) is 3. The predicted octanol–water partition coefficient (Wildman–Crippen LogP) is 4.09. The minimum absolute atomic E-state index is 0.330. The topological polar surface area (TPSA) is 34.1 Å². The maximum atomic E-state index is 5.14. The van der Waals surface area contributed by atoms with E-state index in [1.165, 1.54) is 5.56 Å². The first-order chi connectivity index (χ1) is 9.72. The molecule has 1 atom stereocenters. The third kappa shape index (κ3) is 4.05. The fourth-order valence-electron chi connectivity index (χ4n) is 2.09. The van der Waals surface area contributed by atoms with E-state index in [1.54, 1.807) is 7.11 Å². The summed E-state index contributed by atoms with van der Waals surface area (Å²) in [6.07, 6.45) is 1.03. The van der Waals surface area contributed by atoms with E-state index >= 15 is 0 Å². The monoisotopic (exact) mass is 334 g/mol. The Morgan fingerprint density at radius 3 is 2.60 bits per heavy atom. The second kappa shape index (κ2) is 7.41. The summed E-state index contributed by atoms with van der Waals surface area (Å²) in [5.74, 6) is 0.654. The number of ether oxygens (including phenoxy) is 1. The molecule has 1 N–H and O–H groups in total. The number of rotatable bonds is 6. The molecule has 2 rings (SSSR count). The Morgan fingerprint density at radius 1 is 1.20 bits per heavy atom. The van der Waals surface area contributed by atoms with Crippen molar-refractivity contribution in [1.82, 2.24) is 10.3 Å². The number of hydrogen-bond donors (Lipinski definition) is 1. The maximum Gasteiger partial charge on any atom is 0.213 e. The van der Waals surface area contributed by atoms with Crippen LogP contribution in [0.5, 0.6) is 5.88 Å². The predicted molar refractivity (Wildman–Crippen MR) is 84.8 cm³/mol. The van der Waals surface area contributed by atoms with Crippen LogP contribution in [0.4, 0.5) is 0 Å². The molecule has 0 bridgehead atoms. The molecule has 3 nitrogen and oxygen atoms in total. The summed E-state index contributed by atoms with van der Waals surface area (Å²) in [5, 5.41) is 3.54. The van der Waals surface area contributed by atoms with Crippen molar-refractivity contribution in [1.29, 1.82) is 0 Å². The summed E-state index contributed by atoms with van der Waals surface area (Å²) in [6.45, 7) is 2.91. The van der Waals surface area contributed by atoms with E-state index in [0.29, 0.717) is 11.9 Å². The summed E-state index contributed by atoms with van der Waals surface area (Å²) in [4.78, 5) is 4.41. The van der Waals surface area contributed by atoms with Crippen LogP contribution < -0.4 is 10.1 Å². The average molecular weight is 335 g/mol. The van der Waals surface area contributed by atoms with Crippen LogP contribution in [-0.4, -0.2) is 12.1 Å². The van der Waals surface area contributed by atoms with Gasteiger partial charge in [-0.15, -0.1) is 0 Å². The van der Waals surface area contributed by atoms with Crippen LogP contribution in [0, 0.1) is 0 Å². The molecule has 0 aliphatic carbocycles. The Morgan fingerprint density at radius 2 is 1.95 bits per heavy atom. The van der Waals surface area contributed by atoms with E-state index in [-0.39, 0.29) is 0 Å². The molecular formula is C16H19BrN2O. The van der Waals surface area contributed by atoms with Crippen molar-refractivity contribution in [2.45, 2.75) is 25.9 Å². The fourth-order valence-corrected chi connectivity index (χ4v) is 2.35. The van der Waals surface area contributed by atoms with Gasteiger partial charge in [0.2, 0.25) is 5.88 Å². The molecule has 4 heteroatoms. The van der Waals surface area contributed by atoms with E-state index < -0.39 is 0 Å². The van der Waals surface area contributed by atoms with Crippen molar-refractivity contribution in [3.8, 4) is 5.88 Å². The molecule has 0 saturated carbocycles. The molecule has 106 valence electrons. The number of nitrogens with zero attached hydrogens (tertiary/aromatic N) is 1. The Balaban J connectivity index is 2.01. The number of halogens is 1. The van der Waals surface area contributed by atoms with Gasteiger partial charge in [0, 0.05) is 23.1 Å². The van der Waals surface area contributed by atoms with E-state index in [0.717, 1.165) is 23.1 Å². The van der Waals surface area contributed by atoms with Crippen molar-refractivity contribution in [2.24, 2.45) is 0 Å². The van der Waals surface area contributed by atoms with Crippen molar-refractivity contribution < 1.29 is 4.74 Å². The van der Waals surface area contributed by atoms with Crippen molar-refractivity contribution >= 4 is 15.9 Å². The minimum atomic E-state index is 0.330. The van der Waals surface area contributed by atoms with Crippen LogP contribution >= 0.6 is 15.9 Å². The highest BCUT2D eigenvalue weighted by Crippen LogP contribution is 2.20. The van der Waals surface area contributed by atoms with Gasteiger partial charge in [-0.25, -0.2) is 4.98 Å². The van der Waals surface area contributed by atoms with Crippen LogP contribution in [0.15, 0.2) is 46.9 Å². The van der Waals surface area contributed by atoms with Crippen LogP contribution in [0.2, 0.25) is 0 Å². The molecule has 2 aromatic rings. The number of pyridine rings is 1. The molecule has 0 radical (unpaired) electrons. The number of benzene rings is 1. The quantitative estimate of drug-likeness (QED) is 0.863. The van der Waals surface area contributed by atoms with Gasteiger partial charge < -0.3 is 10.1 Å². The lowest BCUT2D eigenvalue weighted by Crippen LogP contribution is -2.20. The van der Waals surface area contributed by atoms with E-state index in [1.807, 2.05) is 18.2 Å². The summed E-state index contributed by atoms with van der Waals surface area (Å²) < 4.78 is 6.24. The lowest BCUT2D eigenvalue weighted by molar-refractivity contribution is 0.394. The molecule has 0 fully saturated rings. The summed E-state index contributed by atoms with van der Waals surface area (Å²) in [5.41, 5.74) is 2.28. The fraction of sp³-hybridized carbons (Fsp3) is 0.312. The molecule has 1 aromatic heterocycles. The van der Waals surface area contributed by atoms with Crippen molar-refractivity contribution in [3.05, 3.63) is 58.2 Å². The molecule has 1 heterocycles. The lowest BCUT2D eigenvalue weighted by Gasteiger charge is -2.17. The van der Waals surface area contributed by atoms with Gasteiger partial charge in [0.05, 0.1) is 12.8 Å². The Labute approximate surface area is 128 Å². The number of methoxy groups -OCH3 is 1. The molecule has 1 unspecified atom stereocenters. The highest BCUT2D eigenvalue weighted by molar-refractivity contribution is 9.10. The zero-order chi connectivity index (χ0) is 14.4. The third-order valence-corrected chi connectivity index (χ3v) is 3.73. The van der Waals surface area contributed by atoms with E-state index in [4.69, 9.17) is 4.74 Å². The first-order valence-corrected chi connectivity index (χ1v) is 7.51. The zero-order valence-electron chi connectivity index (χ0n) is 11.8. The van der Waals surface area contributed by atoms with E-state index in [9.17, 15) is 0 Å². The van der Waals surface area contributed by atoms with Gasteiger partial charge in [-0.2, -0.15) is 0 Å². The van der Waals surface area contributed by atoms with Gasteiger partial charge in [0.25, 0.3) is 0 Å². The summed E-state index contributed by atoms with van der Waals surface area (Å²) >= 11 is 3.46. The average Bonchev–Trinajstić information content (AvgIpc) is 2.50. The second-order valence-electron chi connectivity index (χ2n) is 4.56. The smallest absolute Gasteiger partial charge is 0.213 e. The largest absolute Gasteiger partial charge is 0.481 e. The first-order valence-electron chi connectivity index (χ1n) is 6.71. The Hall–Kier alpha value is -1.39. The number of nitrogens with one attached hydrogen (secondary N) is 1. The van der Waals surface area contributed by atoms with Crippen LogP contribution in [0.3, 0.4) is 0 Å². The first kappa shape index (κ1) is 15.0. The van der Waals surface area contributed by atoms with Crippen LogP contribution in [0.1, 0.15) is 30.6 Å². The number of aromatic nitrogens is 1. The second-order valence-corrected chi connectivity index (χ2v) is 5.48. The van der Waals surface area contributed by atoms with Gasteiger partial charge in [-0.3, -0.25) is 0 Å². The van der Waals surface area contributed by atoms with Crippen LogP contribution in [0.25, 0.3) is 0 Å². The third-order valence-electron chi connectivity index (χ3n) is 3.20. The maximum absolute atomic E-state index is 5.14. The zero-order valence-corrected chi connectivity index (χ0v) is 13.4. The standard InChI is InChI=1S/C16H19BrN2O/c1-3-15(12-7-9-13(17)10-8-12)18-11-14-5-4-6-16(19-14)20-2/h4-10,15,18H,3,11H2,1-2H3. The molecule has 1 aromatic carbocycles. The Kier molecular flexibility index (Phi) is 5.56. The molecule has 0 spiro atoms. The molecule has 0 amide bonds. The molecule has 20 heavy (non-hydrogen) atoms. The molecule has 0 aliphatic heterocycles. The normalized spacial score (nSPS) is 12.2. The van der Waals surface area contributed by atoms with Crippen LogP contribution in [-0.2, 0) is 6.54 Å². The molecule has 0 aliphatic rings. The SMILES string of the molecule is CCC(NCc1cccc(OC)n1)c1ccc(Br)cc1. The Bertz CT molecular complexity index is 542. The highest BCUT2D eigenvalue weighted by Gasteiger charge is 2.09. The van der Waals surface area contributed by atoms with Crippen molar-refractivity contribution in [3.63, 3.8) is 0 Å². The molecular weight excluding hydrogens is 316 g/mol. The van der Waals surface area contributed by atoms with Gasteiger partial charge in [0.15, 0.2) is 0 Å². The van der Waals surface area contributed by atoms with Gasteiger partial charge >= 0.3 is 0 Å². The van der Waals surface area contributed by atoms with Gasteiger partial charge in [0.1, 0.15) is 0 Å².